The predicted octanol–water partition coefficient (Wildman–Crippen LogP) is 1.64. The lowest BCUT2D eigenvalue weighted by Gasteiger charge is -2.08. The number of nitrogens with zero attached hydrogens (tertiary/aromatic N) is 2. The SMILES string of the molecule is C=CC(C)n1cc(Cl)cnc1=O. The van der Waals surface area contributed by atoms with Gasteiger partial charge in [-0.05, 0) is 6.92 Å². The second kappa shape index (κ2) is 3.54. The molecule has 0 aliphatic rings. The molecule has 0 N–H and O–H groups in total. The molecule has 1 atom stereocenters. The molecule has 4 heteroatoms. The molecule has 1 aromatic rings. The molecule has 0 fully saturated rings. The fourth-order valence-electron chi connectivity index (χ4n) is 0.810. The molecule has 0 bridgehead atoms. The third-order valence-electron chi connectivity index (χ3n) is 1.56. The zero-order chi connectivity index (χ0) is 9.14. The highest BCUT2D eigenvalue weighted by Gasteiger charge is 2.02. The van der Waals surface area contributed by atoms with Crippen molar-refractivity contribution >= 4 is 11.6 Å². The molecule has 0 aliphatic heterocycles. The van der Waals surface area contributed by atoms with Gasteiger partial charge < -0.3 is 0 Å². The Morgan fingerprint density at radius 3 is 3.08 bits per heavy atom. The first kappa shape index (κ1) is 9.00. The van der Waals surface area contributed by atoms with E-state index in [0.29, 0.717) is 5.02 Å². The van der Waals surface area contributed by atoms with Crippen molar-refractivity contribution in [2.75, 3.05) is 0 Å². The van der Waals surface area contributed by atoms with Crippen molar-refractivity contribution in [3.05, 3.63) is 40.6 Å². The van der Waals surface area contributed by atoms with Crippen LogP contribution in [-0.2, 0) is 0 Å². The van der Waals surface area contributed by atoms with E-state index in [1.165, 1.54) is 10.8 Å². The van der Waals surface area contributed by atoms with Gasteiger partial charge in [0.25, 0.3) is 0 Å². The van der Waals surface area contributed by atoms with E-state index in [-0.39, 0.29) is 11.7 Å². The Labute approximate surface area is 75.3 Å². The number of allylic oxidation sites excluding steroid dienone is 1. The Morgan fingerprint density at radius 1 is 1.83 bits per heavy atom. The average molecular weight is 185 g/mol. The number of hydrogen-bond acceptors (Lipinski definition) is 2. The van der Waals surface area contributed by atoms with E-state index in [1.54, 1.807) is 12.3 Å². The van der Waals surface area contributed by atoms with Crippen molar-refractivity contribution in [3.63, 3.8) is 0 Å². The topological polar surface area (TPSA) is 34.9 Å². The van der Waals surface area contributed by atoms with Gasteiger partial charge in [0.15, 0.2) is 0 Å². The van der Waals surface area contributed by atoms with Crippen LogP contribution >= 0.6 is 11.6 Å². The molecule has 1 heterocycles. The van der Waals surface area contributed by atoms with E-state index in [0.717, 1.165) is 0 Å². The van der Waals surface area contributed by atoms with Crippen LogP contribution in [0.15, 0.2) is 29.8 Å². The summed E-state index contributed by atoms with van der Waals surface area (Å²) in [6.07, 6.45) is 4.53. The molecule has 0 aromatic carbocycles. The minimum atomic E-state index is -0.313. The Bertz CT molecular complexity index is 345. The summed E-state index contributed by atoms with van der Waals surface area (Å²) < 4.78 is 1.43. The van der Waals surface area contributed by atoms with Crippen LogP contribution in [0.3, 0.4) is 0 Å². The second-order valence-corrected chi connectivity index (χ2v) is 2.87. The van der Waals surface area contributed by atoms with E-state index in [9.17, 15) is 4.79 Å². The third kappa shape index (κ3) is 1.74. The highest BCUT2D eigenvalue weighted by atomic mass is 35.5. The van der Waals surface area contributed by atoms with E-state index in [4.69, 9.17) is 11.6 Å². The zero-order valence-corrected chi connectivity index (χ0v) is 7.45. The lowest BCUT2D eigenvalue weighted by Crippen LogP contribution is -2.23. The Kier molecular flexibility index (Phi) is 2.65. The molecule has 64 valence electrons. The van der Waals surface area contributed by atoms with Crippen molar-refractivity contribution in [2.45, 2.75) is 13.0 Å². The van der Waals surface area contributed by atoms with E-state index >= 15 is 0 Å². The zero-order valence-electron chi connectivity index (χ0n) is 6.70. The van der Waals surface area contributed by atoms with Crippen LogP contribution in [0.25, 0.3) is 0 Å². The predicted molar refractivity (Wildman–Crippen MR) is 48.4 cm³/mol. The smallest absolute Gasteiger partial charge is 0.291 e. The second-order valence-electron chi connectivity index (χ2n) is 2.44. The number of hydrogen-bond donors (Lipinski definition) is 0. The summed E-state index contributed by atoms with van der Waals surface area (Å²) in [5.41, 5.74) is -0.313. The Balaban J connectivity index is 3.22. The molecule has 0 aliphatic carbocycles. The fraction of sp³-hybridized carbons (Fsp3) is 0.250. The van der Waals surface area contributed by atoms with Crippen LogP contribution in [0.4, 0.5) is 0 Å². The molecule has 1 rings (SSSR count). The van der Waals surface area contributed by atoms with Crippen LogP contribution < -0.4 is 5.69 Å². The molecule has 1 aromatic heterocycles. The van der Waals surface area contributed by atoms with Gasteiger partial charge in [-0.2, -0.15) is 0 Å². The summed E-state index contributed by atoms with van der Waals surface area (Å²) in [6.45, 7) is 5.42. The molecular weight excluding hydrogens is 176 g/mol. The molecule has 0 saturated heterocycles. The first-order valence-corrected chi connectivity index (χ1v) is 3.89. The van der Waals surface area contributed by atoms with Gasteiger partial charge in [0, 0.05) is 6.20 Å². The van der Waals surface area contributed by atoms with E-state index in [1.807, 2.05) is 6.92 Å². The van der Waals surface area contributed by atoms with Crippen molar-refractivity contribution in [1.29, 1.82) is 0 Å². The third-order valence-corrected chi connectivity index (χ3v) is 1.76. The lowest BCUT2D eigenvalue weighted by molar-refractivity contribution is 0.616. The van der Waals surface area contributed by atoms with Gasteiger partial charge in [-0.3, -0.25) is 4.57 Å². The minimum absolute atomic E-state index is 0.0799. The Hall–Kier alpha value is -1.09. The quantitative estimate of drug-likeness (QED) is 0.655. The summed E-state index contributed by atoms with van der Waals surface area (Å²) in [5, 5.41) is 0.448. The number of aromatic nitrogens is 2. The van der Waals surface area contributed by atoms with Gasteiger partial charge in [0.05, 0.1) is 17.3 Å². The summed E-state index contributed by atoms with van der Waals surface area (Å²) in [6, 6.07) is -0.0799. The highest BCUT2D eigenvalue weighted by molar-refractivity contribution is 6.30. The van der Waals surface area contributed by atoms with E-state index in [2.05, 4.69) is 11.6 Å². The van der Waals surface area contributed by atoms with Crippen LogP contribution in [0.5, 0.6) is 0 Å². The maximum absolute atomic E-state index is 11.1. The van der Waals surface area contributed by atoms with E-state index < -0.39 is 0 Å². The molecule has 0 spiro atoms. The first-order valence-electron chi connectivity index (χ1n) is 3.51. The van der Waals surface area contributed by atoms with Gasteiger partial charge in [-0.15, -0.1) is 6.58 Å². The molecule has 0 amide bonds. The monoisotopic (exact) mass is 184 g/mol. The van der Waals surface area contributed by atoms with Crippen molar-refractivity contribution in [3.8, 4) is 0 Å². The fourth-order valence-corrected chi connectivity index (χ4v) is 0.964. The summed E-state index contributed by atoms with van der Waals surface area (Å²) >= 11 is 5.66. The molecule has 0 radical (unpaired) electrons. The van der Waals surface area contributed by atoms with Gasteiger partial charge in [-0.1, -0.05) is 17.7 Å². The normalized spacial score (nSPS) is 12.5. The molecule has 3 nitrogen and oxygen atoms in total. The highest BCUT2D eigenvalue weighted by Crippen LogP contribution is 2.07. The van der Waals surface area contributed by atoms with Gasteiger partial charge in [0.2, 0.25) is 0 Å². The number of halogens is 1. The lowest BCUT2D eigenvalue weighted by atomic mass is 10.3. The molecule has 1 unspecified atom stereocenters. The van der Waals surface area contributed by atoms with Crippen molar-refractivity contribution in [2.24, 2.45) is 0 Å². The van der Waals surface area contributed by atoms with Crippen LogP contribution in [0.1, 0.15) is 13.0 Å². The largest absolute Gasteiger partial charge is 0.348 e. The van der Waals surface area contributed by atoms with Gasteiger partial charge in [-0.25, -0.2) is 9.78 Å². The van der Waals surface area contributed by atoms with Gasteiger partial charge >= 0.3 is 5.69 Å². The molecule has 0 saturated carbocycles. The van der Waals surface area contributed by atoms with Crippen LogP contribution in [0, 0.1) is 0 Å². The minimum Gasteiger partial charge on any atom is -0.291 e. The average Bonchev–Trinajstić information content (AvgIpc) is 2.08. The maximum Gasteiger partial charge on any atom is 0.348 e. The summed E-state index contributed by atoms with van der Waals surface area (Å²) in [7, 11) is 0. The standard InChI is InChI=1S/C8H9ClN2O/c1-3-6(2)11-5-7(9)4-10-8(11)12/h3-6H,1H2,2H3. The van der Waals surface area contributed by atoms with Crippen LogP contribution in [0.2, 0.25) is 5.02 Å². The van der Waals surface area contributed by atoms with Crippen LogP contribution in [-0.4, -0.2) is 9.55 Å². The number of rotatable bonds is 2. The van der Waals surface area contributed by atoms with Crippen molar-refractivity contribution < 1.29 is 0 Å². The van der Waals surface area contributed by atoms with Crippen molar-refractivity contribution in [1.82, 2.24) is 9.55 Å². The van der Waals surface area contributed by atoms with Gasteiger partial charge in [0.1, 0.15) is 0 Å². The molecular formula is C8H9ClN2O. The first-order chi connectivity index (χ1) is 5.65. The Morgan fingerprint density at radius 2 is 2.50 bits per heavy atom. The summed E-state index contributed by atoms with van der Waals surface area (Å²) in [4.78, 5) is 14.7. The maximum atomic E-state index is 11.1. The molecule has 12 heavy (non-hydrogen) atoms. The summed E-state index contributed by atoms with van der Waals surface area (Å²) in [5.74, 6) is 0.